The minimum Gasteiger partial charge on any atom is -0.377 e. The zero-order chi connectivity index (χ0) is 12.5. The molecule has 2 nitrogen and oxygen atoms in total. The highest BCUT2D eigenvalue weighted by atomic mass is 79.9. The lowest BCUT2D eigenvalue weighted by Crippen LogP contribution is -2.07. The van der Waals surface area contributed by atoms with Gasteiger partial charge in [0.25, 0.3) is 0 Å². The van der Waals surface area contributed by atoms with Crippen molar-refractivity contribution in [1.29, 1.82) is 0 Å². The normalized spacial score (nSPS) is 17.6. The van der Waals surface area contributed by atoms with Gasteiger partial charge in [0.15, 0.2) is 0 Å². The summed E-state index contributed by atoms with van der Waals surface area (Å²) in [5.74, 6) is 0. The molecule has 1 aromatic heterocycles. The van der Waals surface area contributed by atoms with Gasteiger partial charge in [-0.2, -0.15) is 0 Å². The number of halogens is 1. The fraction of sp³-hybridized carbons (Fsp3) is 0.267. The molecule has 1 N–H and O–H groups in total. The summed E-state index contributed by atoms with van der Waals surface area (Å²) in [7, 11) is 0. The van der Waals surface area contributed by atoms with Gasteiger partial charge in [-0.05, 0) is 59.0 Å². The molecule has 0 saturated heterocycles. The maximum Gasteiger partial charge on any atom is 0.106 e. The smallest absolute Gasteiger partial charge is 0.106 e. The van der Waals surface area contributed by atoms with Crippen molar-refractivity contribution in [2.24, 2.45) is 0 Å². The number of rotatable bonds is 2. The maximum absolute atomic E-state index is 4.25. The third-order valence-electron chi connectivity index (χ3n) is 3.45. The number of benzene rings is 1. The molecule has 92 valence electrons. The van der Waals surface area contributed by atoms with Crippen molar-refractivity contribution in [3.63, 3.8) is 0 Å². The van der Waals surface area contributed by atoms with Crippen molar-refractivity contribution in [2.45, 2.75) is 25.8 Å². The van der Waals surface area contributed by atoms with Gasteiger partial charge >= 0.3 is 0 Å². The van der Waals surface area contributed by atoms with Crippen LogP contribution in [0.5, 0.6) is 0 Å². The van der Waals surface area contributed by atoms with Crippen LogP contribution in [-0.4, -0.2) is 4.98 Å². The number of fused-ring (bicyclic) bond motifs is 1. The Morgan fingerprint density at radius 3 is 2.94 bits per heavy atom. The Morgan fingerprint density at radius 1 is 1.28 bits per heavy atom. The van der Waals surface area contributed by atoms with Crippen LogP contribution in [0, 0.1) is 6.92 Å². The molecule has 1 aromatic carbocycles. The second kappa shape index (κ2) is 4.73. The van der Waals surface area contributed by atoms with Crippen LogP contribution in [0.3, 0.4) is 0 Å². The van der Waals surface area contributed by atoms with Crippen LogP contribution in [0.25, 0.3) is 0 Å². The van der Waals surface area contributed by atoms with E-state index in [1.54, 1.807) is 0 Å². The first-order valence-corrected chi connectivity index (χ1v) is 6.99. The first-order valence-electron chi connectivity index (χ1n) is 6.20. The Bertz CT molecular complexity index is 563. The largest absolute Gasteiger partial charge is 0.377 e. The van der Waals surface area contributed by atoms with Crippen LogP contribution in [0.15, 0.2) is 41.1 Å². The van der Waals surface area contributed by atoms with Gasteiger partial charge in [0, 0.05) is 0 Å². The third-order valence-corrected chi connectivity index (χ3v) is 3.92. The molecule has 0 aliphatic heterocycles. The Hall–Kier alpha value is -1.35. The summed E-state index contributed by atoms with van der Waals surface area (Å²) in [4.78, 5) is 4.25. The minimum atomic E-state index is 0.419. The highest BCUT2D eigenvalue weighted by molar-refractivity contribution is 9.10. The fourth-order valence-corrected chi connectivity index (χ4v) is 2.77. The Kier molecular flexibility index (Phi) is 3.08. The van der Waals surface area contributed by atoms with Gasteiger partial charge in [-0.15, -0.1) is 0 Å². The summed E-state index contributed by atoms with van der Waals surface area (Å²) in [6, 6.07) is 11.2. The van der Waals surface area contributed by atoms with Crippen LogP contribution in [0.4, 0.5) is 5.69 Å². The van der Waals surface area contributed by atoms with E-state index in [0.29, 0.717) is 6.04 Å². The van der Waals surface area contributed by atoms with Gasteiger partial charge in [-0.1, -0.05) is 23.8 Å². The van der Waals surface area contributed by atoms with Crippen molar-refractivity contribution in [3.05, 3.63) is 57.8 Å². The van der Waals surface area contributed by atoms with Crippen LogP contribution < -0.4 is 5.32 Å². The third kappa shape index (κ3) is 2.27. The molecular weight excluding hydrogens is 288 g/mol. The quantitative estimate of drug-likeness (QED) is 0.839. The molecule has 18 heavy (non-hydrogen) atoms. The molecule has 0 amide bonds. The van der Waals surface area contributed by atoms with Crippen LogP contribution >= 0.6 is 15.9 Å². The summed E-state index contributed by atoms with van der Waals surface area (Å²) in [5, 5.41) is 3.57. The molecule has 1 heterocycles. The molecule has 0 saturated carbocycles. The molecular formula is C15H15BrN2. The van der Waals surface area contributed by atoms with E-state index < -0.39 is 0 Å². The number of hydrogen-bond acceptors (Lipinski definition) is 2. The van der Waals surface area contributed by atoms with Gasteiger partial charge < -0.3 is 5.32 Å². The molecule has 2 aromatic rings. The van der Waals surface area contributed by atoms with Gasteiger partial charge in [0.05, 0.1) is 17.9 Å². The lowest BCUT2D eigenvalue weighted by atomic mass is 10.0. The zero-order valence-corrected chi connectivity index (χ0v) is 11.9. The van der Waals surface area contributed by atoms with Gasteiger partial charge in [-0.3, -0.25) is 0 Å². The molecule has 0 fully saturated rings. The lowest BCUT2D eigenvalue weighted by Gasteiger charge is -2.15. The number of nitrogens with zero attached hydrogens (tertiary/aromatic N) is 1. The van der Waals surface area contributed by atoms with Crippen molar-refractivity contribution in [1.82, 2.24) is 4.98 Å². The number of anilines is 1. The number of nitrogens with one attached hydrogen (secondary N) is 1. The van der Waals surface area contributed by atoms with E-state index in [0.717, 1.165) is 23.1 Å². The molecule has 3 rings (SSSR count). The number of aromatic nitrogens is 1. The Morgan fingerprint density at radius 2 is 2.17 bits per heavy atom. The number of aryl methyl sites for hydroxylation is 2. The summed E-state index contributed by atoms with van der Waals surface area (Å²) in [5.41, 5.74) is 5.33. The van der Waals surface area contributed by atoms with E-state index in [-0.39, 0.29) is 0 Å². The lowest BCUT2D eigenvalue weighted by molar-refractivity contribution is 0.761. The van der Waals surface area contributed by atoms with E-state index in [4.69, 9.17) is 0 Å². The highest BCUT2D eigenvalue weighted by Gasteiger charge is 2.22. The predicted molar refractivity (Wildman–Crippen MR) is 77.8 cm³/mol. The van der Waals surface area contributed by atoms with Crippen LogP contribution in [-0.2, 0) is 6.42 Å². The molecule has 0 radical (unpaired) electrons. The zero-order valence-electron chi connectivity index (χ0n) is 10.3. The fourth-order valence-electron chi connectivity index (χ4n) is 2.53. The highest BCUT2D eigenvalue weighted by Crippen LogP contribution is 2.34. The first kappa shape index (κ1) is 11.7. The van der Waals surface area contributed by atoms with Gasteiger partial charge in [0.2, 0.25) is 0 Å². The summed E-state index contributed by atoms with van der Waals surface area (Å²) < 4.78 is 0.871. The molecule has 0 bridgehead atoms. The summed E-state index contributed by atoms with van der Waals surface area (Å²) in [6.07, 6.45) is 4.20. The predicted octanol–water partition coefficient (Wildman–Crippen LogP) is 4.25. The standard InChI is InChI=1S/C15H15BrN2/c1-10-2-3-11-4-6-14(13(11)8-10)18-12-5-7-15(16)17-9-12/h2-3,5,7-9,14,18H,4,6H2,1H3. The topological polar surface area (TPSA) is 24.9 Å². The average Bonchev–Trinajstić information content (AvgIpc) is 2.75. The van der Waals surface area contributed by atoms with E-state index in [2.05, 4.69) is 57.4 Å². The SMILES string of the molecule is Cc1ccc2c(c1)C(Nc1ccc(Br)nc1)CC2. The van der Waals surface area contributed by atoms with Crippen molar-refractivity contribution in [3.8, 4) is 0 Å². The second-order valence-corrected chi connectivity index (χ2v) is 5.62. The number of pyridine rings is 1. The van der Waals surface area contributed by atoms with Crippen LogP contribution in [0.2, 0.25) is 0 Å². The molecule has 1 aliphatic rings. The van der Waals surface area contributed by atoms with E-state index in [1.165, 1.54) is 16.7 Å². The number of hydrogen-bond donors (Lipinski definition) is 1. The summed E-state index contributed by atoms with van der Waals surface area (Å²) >= 11 is 3.35. The Balaban J connectivity index is 1.84. The van der Waals surface area contributed by atoms with Crippen molar-refractivity contribution < 1.29 is 0 Å². The van der Waals surface area contributed by atoms with Gasteiger partial charge in [0.1, 0.15) is 4.60 Å². The van der Waals surface area contributed by atoms with E-state index in [9.17, 15) is 0 Å². The van der Waals surface area contributed by atoms with Crippen molar-refractivity contribution in [2.75, 3.05) is 5.32 Å². The molecule has 3 heteroatoms. The molecule has 0 spiro atoms. The minimum absolute atomic E-state index is 0.419. The van der Waals surface area contributed by atoms with Crippen molar-refractivity contribution >= 4 is 21.6 Å². The van der Waals surface area contributed by atoms with E-state index >= 15 is 0 Å². The second-order valence-electron chi connectivity index (χ2n) is 4.81. The van der Waals surface area contributed by atoms with Crippen LogP contribution in [0.1, 0.15) is 29.2 Å². The maximum atomic E-state index is 4.25. The van der Waals surface area contributed by atoms with E-state index in [1.807, 2.05) is 12.3 Å². The average molecular weight is 303 g/mol. The summed E-state index contributed by atoms with van der Waals surface area (Å²) in [6.45, 7) is 2.15. The first-order chi connectivity index (χ1) is 8.72. The molecule has 1 atom stereocenters. The monoisotopic (exact) mass is 302 g/mol. The molecule has 1 unspecified atom stereocenters. The molecule has 1 aliphatic carbocycles. The van der Waals surface area contributed by atoms with Gasteiger partial charge in [-0.25, -0.2) is 4.98 Å². The Labute approximate surface area is 116 Å².